The molecule has 1 unspecified atom stereocenters. The zero-order valence-electron chi connectivity index (χ0n) is 28.5. The SMILES string of the molecule is CCOc1cccc(-n2cc(C(=O)N3CCN(c4cc(C(=O)OC)c5ccccc5c4)CC3C(=O)NC(C)C)nc2-c2ccc(C)cc2)c1. The lowest BCUT2D eigenvalue weighted by molar-refractivity contribution is -0.126. The number of carbonyl (C=O) groups is 3. The summed E-state index contributed by atoms with van der Waals surface area (Å²) in [6.45, 7) is 9.20. The van der Waals surface area contributed by atoms with Gasteiger partial charge in [-0.05, 0) is 62.7 Å². The summed E-state index contributed by atoms with van der Waals surface area (Å²) in [6, 6.07) is 26.1. The molecule has 252 valence electrons. The molecule has 0 bridgehead atoms. The van der Waals surface area contributed by atoms with Crippen LogP contribution >= 0.6 is 0 Å². The molecule has 1 aliphatic rings. The molecule has 0 spiro atoms. The number of rotatable bonds is 9. The van der Waals surface area contributed by atoms with Crippen molar-refractivity contribution in [1.29, 1.82) is 0 Å². The molecule has 5 aromatic rings. The molecular formula is C39H41N5O5. The topological polar surface area (TPSA) is 106 Å². The fraction of sp³-hybridized carbons (Fsp3) is 0.282. The van der Waals surface area contributed by atoms with Crippen molar-refractivity contribution < 1.29 is 23.9 Å². The van der Waals surface area contributed by atoms with E-state index in [1.807, 2.05) is 116 Å². The highest BCUT2D eigenvalue weighted by atomic mass is 16.5. The largest absolute Gasteiger partial charge is 0.494 e. The summed E-state index contributed by atoms with van der Waals surface area (Å²) in [4.78, 5) is 49.5. The fourth-order valence-electron chi connectivity index (χ4n) is 6.25. The van der Waals surface area contributed by atoms with Gasteiger partial charge in [0.25, 0.3) is 5.91 Å². The molecule has 0 aliphatic carbocycles. The molecule has 1 aromatic heterocycles. The molecule has 1 saturated heterocycles. The first-order chi connectivity index (χ1) is 23.7. The number of anilines is 1. The van der Waals surface area contributed by atoms with Gasteiger partial charge in [0.15, 0.2) is 0 Å². The van der Waals surface area contributed by atoms with Crippen LogP contribution in [0.15, 0.2) is 91.1 Å². The van der Waals surface area contributed by atoms with E-state index in [2.05, 4.69) is 5.32 Å². The lowest BCUT2D eigenvalue weighted by Crippen LogP contribution is -2.61. The van der Waals surface area contributed by atoms with E-state index >= 15 is 0 Å². The third kappa shape index (κ3) is 6.99. The van der Waals surface area contributed by atoms with Crippen molar-refractivity contribution in [3.63, 3.8) is 0 Å². The zero-order chi connectivity index (χ0) is 34.7. The molecule has 6 rings (SSSR count). The van der Waals surface area contributed by atoms with E-state index < -0.39 is 12.0 Å². The van der Waals surface area contributed by atoms with Crippen LogP contribution in [0.4, 0.5) is 5.69 Å². The first-order valence-corrected chi connectivity index (χ1v) is 16.5. The summed E-state index contributed by atoms with van der Waals surface area (Å²) in [6.07, 6.45) is 1.73. The van der Waals surface area contributed by atoms with Crippen LogP contribution < -0.4 is 15.0 Å². The van der Waals surface area contributed by atoms with Crippen molar-refractivity contribution >= 4 is 34.2 Å². The Kier molecular flexibility index (Phi) is 9.66. The van der Waals surface area contributed by atoms with Gasteiger partial charge in [0.05, 0.1) is 25.0 Å². The summed E-state index contributed by atoms with van der Waals surface area (Å²) < 4.78 is 12.8. The van der Waals surface area contributed by atoms with Gasteiger partial charge in [0.1, 0.15) is 23.3 Å². The van der Waals surface area contributed by atoms with Crippen LogP contribution in [0.2, 0.25) is 0 Å². The standard InChI is InChI=1S/C39H41N5O5/c1-6-49-31-12-9-11-29(21-31)44-23-34(41-36(44)27-16-14-26(4)15-17-27)38(46)43-19-18-42(24-35(43)37(45)40-25(2)3)30-20-28-10-7-8-13-32(28)33(22-30)39(47)48-5/h7-17,20-23,25,35H,6,18-19,24H2,1-5H3,(H,40,45). The predicted octanol–water partition coefficient (Wildman–Crippen LogP) is 6.04. The summed E-state index contributed by atoms with van der Waals surface area (Å²) in [5, 5.41) is 4.67. The van der Waals surface area contributed by atoms with Crippen molar-refractivity contribution in [3.05, 3.63) is 108 Å². The average molecular weight is 660 g/mol. The molecule has 10 nitrogen and oxygen atoms in total. The molecule has 1 aliphatic heterocycles. The smallest absolute Gasteiger partial charge is 0.338 e. The van der Waals surface area contributed by atoms with Crippen LogP contribution in [0.3, 0.4) is 0 Å². The molecule has 10 heteroatoms. The number of piperazine rings is 1. The Labute approximate surface area is 286 Å². The minimum atomic E-state index is -0.814. The van der Waals surface area contributed by atoms with Gasteiger partial charge in [-0.15, -0.1) is 0 Å². The minimum absolute atomic E-state index is 0.128. The third-order valence-electron chi connectivity index (χ3n) is 8.63. The lowest BCUT2D eigenvalue weighted by Gasteiger charge is -2.41. The number of aromatic nitrogens is 2. The van der Waals surface area contributed by atoms with Gasteiger partial charge in [-0.3, -0.25) is 14.2 Å². The van der Waals surface area contributed by atoms with Gasteiger partial charge in [-0.25, -0.2) is 9.78 Å². The number of imidazole rings is 1. The average Bonchev–Trinajstić information content (AvgIpc) is 3.56. The summed E-state index contributed by atoms with van der Waals surface area (Å²) in [5.74, 6) is 0.273. The number of nitrogens with zero attached hydrogens (tertiary/aromatic N) is 4. The van der Waals surface area contributed by atoms with E-state index in [4.69, 9.17) is 14.5 Å². The van der Waals surface area contributed by atoms with Crippen LogP contribution in [-0.4, -0.2) is 77.7 Å². The van der Waals surface area contributed by atoms with Gasteiger partial charge in [0, 0.05) is 49.2 Å². The molecule has 4 aromatic carbocycles. The van der Waals surface area contributed by atoms with Crippen molar-refractivity contribution in [3.8, 4) is 22.8 Å². The minimum Gasteiger partial charge on any atom is -0.494 e. The fourth-order valence-corrected chi connectivity index (χ4v) is 6.25. The number of benzene rings is 4. The highest BCUT2D eigenvalue weighted by Crippen LogP contribution is 2.30. The number of nitrogens with one attached hydrogen (secondary N) is 1. The van der Waals surface area contributed by atoms with Gasteiger partial charge in [-0.1, -0.05) is 60.2 Å². The molecule has 2 amide bonds. The molecule has 1 fully saturated rings. The molecule has 49 heavy (non-hydrogen) atoms. The maximum Gasteiger partial charge on any atom is 0.338 e. The number of hydrogen-bond acceptors (Lipinski definition) is 7. The molecule has 1 atom stereocenters. The third-order valence-corrected chi connectivity index (χ3v) is 8.63. The number of hydrogen-bond donors (Lipinski definition) is 1. The van der Waals surface area contributed by atoms with E-state index in [0.717, 1.165) is 33.3 Å². The van der Waals surface area contributed by atoms with E-state index in [1.54, 1.807) is 17.2 Å². The van der Waals surface area contributed by atoms with E-state index in [0.29, 0.717) is 30.3 Å². The Morgan fingerprint density at radius 3 is 2.45 bits per heavy atom. The van der Waals surface area contributed by atoms with Gasteiger partial charge in [-0.2, -0.15) is 0 Å². The van der Waals surface area contributed by atoms with Crippen molar-refractivity contribution in [1.82, 2.24) is 19.8 Å². The van der Waals surface area contributed by atoms with Crippen LogP contribution in [0.25, 0.3) is 27.8 Å². The van der Waals surface area contributed by atoms with Gasteiger partial charge >= 0.3 is 5.97 Å². The highest BCUT2D eigenvalue weighted by Gasteiger charge is 2.37. The second kappa shape index (κ2) is 14.2. The second-order valence-corrected chi connectivity index (χ2v) is 12.4. The number of carbonyl (C=O) groups excluding carboxylic acids is 3. The number of ether oxygens (including phenoxy) is 2. The van der Waals surface area contributed by atoms with E-state index in [1.165, 1.54) is 7.11 Å². The van der Waals surface area contributed by atoms with Crippen LogP contribution in [0.5, 0.6) is 5.75 Å². The summed E-state index contributed by atoms with van der Waals surface area (Å²) in [7, 11) is 1.36. The Bertz CT molecular complexity index is 2000. The number of esters is 1. The highest BCUT2D eigenvalue weighted by molar-refractivity contribution is 6.06. The van der Waals surface area contributed by atoms with Crippen LogP contribution in [-0.2, 0) is 9.53 Å². The number of fused-ring (bicyclic) bond motifs is 1. The monoisotopic (exact) mass is 659 g/mol. The Balaban J connectivity index is 1.37. The van der Waals surface area contributed by atoms with Crippen LogP contribution in [0.1, 0.15) is 47.2 Å². The van der Waals surface area contributed by atoms with Gasteiger partial charge < -0.3 is 24.6 Å². The summed E-state index contributed by atoms with van der Waals surface area (Å²) in [5.41, 5.74) is 4.20. The first-order valence-electron chi connectivity index (χ1n) is 16.5. The molecule has 1 N–H and O–H groups in total. The van der Waals surface area contributed by atoms with E-state index in [9.17, 15) is 14.4 Å². The number of amides is 2. The predicted molar refractivity (Wildman–Crippen MR) is 191 cm³/mol. The quantitative estimate of drug-likeness (QED) is 0.192. The molecule has 2 heterocycles. The van der Waals surface area contributed by atoms with Crippen molar-refractivity contribution in [2.24, 2.45) is 0 Å². The maximum absolute atomic E-state index is 14.4. The maximum atomic E-state index is 14.4. The van der Waals surface area contributed by atoms with Crippen molar-refractivity contribution in [2.45, 2.75) is 39.8 Å². The summed E-state index contributed by atoms with van der Waals surface area (Å²) >= 11 is 0. The first kappa shape index (κ1) is 33.3. The van der Waals surface area contributed by atoms with Crippen LogP contribution in [0, 0.1) is 6.92 Å². The molecular weight excluding hydrogens is 618 g/mol. The Morgan fingerprint density at radius 2 is 1.71 bits per heavy atom. The lowest BCUT2D eigenvalue weighted by atomic mass is 10.0. The Hall–Kier alpha value is -5.64. The number of methoxy groups -OCH3 is 1. The number of aryl methyl sites for hydroxylation is 1. The van der Waals surface area contributed by atoms with Crippen molar-refractivity contribution in [2.75, 3.05) is 38.3 Å². The molecule has 0 saturated carbocycles. The normalized spacial score (nSPS) is 14.6. The molecule has 0 radical (unpaired) electrons. The van der Waals surface area contributed by atoms with Gasteiger partial charge in [0.2, 0.25) is 5.91 Å². The van der Waals surface area contributed by atoms with E-state index in [-0.39, 0.29) is 36.6 Å². The zero-order valence-corrected chi connectivity index (χ0v) is 28.5. The second-order valence-electron chi connectivity index (χ2n) is 12.4. The Morgan fingerprint density at radius 1 is 0.939 bits per heavy atom.